The molecule has 3 rings (SSSR count). The van der Waals surface area contributed by atoms with Gasteiger partial charge in [0.05, 0.1) is 18.1 Å². The molecule has 0 aliphatic carbocycles. The Balaban J connectivity index is 2.11. The van der Waals surface area contributed by atoms with E-state index in [4.69, 9.17) is 9.47 Å². The number of benzene rings is 2. The van der Waals surface area contributed by atoms with Crippen molar-refractivity contribution in [1.29, 1.82) is 0 Å². The predicted molar refractivity (Wildman–Crippen MR) is 97.7 cm³/mol. The van der Waals surface area contributed by atoms with Crippen molar-refractivity contribution in [3.8, 4) is 22.9 Å². The van der Waals surface area contributed by atoms with Crippen LogP contribution < -0.4 is 9.47 Å². The molecule has 0 aliphatic rings. The Labute approximate surface area is 141 Å². The van der Waals surface area contributed by atoms with E-state index in [1.54, 1.807) is 13.2 Å². The summed E-state index contributed by atoms with van der Waals surface area (Å²) in [5.74, 6) is 2.19. The van der Waals surface area contributed by atoms with E-state index in [1.165, 1.54) is 0 Å². The zero-order chi connectivity index (χ0) is 16.9. The van der Waals surface area contributed by atoms with Gasteiger partial charge in [0.1, 0.15) is 12.4 Å². The van der Waals surface area contributed by atoms with Gasteiger partial charge < -0.3 is 14.5 Å². The van der Waals surface area contributed by atoms with E-state index in [2.05, 4.69) is 29.2 Å². The highest BCUT2D eigenvalue weighted by atomic mass is 16.5. The van der Waals surface area contributed by atoms with Gasteiger partial charge in [-0.2, -0.15) is 0 Å². The van der Waals surface area contributed by atoms with Crippen LogP contribution in [0.5, 0.6) is 11.5 Å². The lowest BCUT2D eigenvalue weighted by Crippen LogP contribution is -2.01. The molecule has 122 valence electrons. The minimum atomic E-state index is 0.421. The maximum atomic E-state index is 5.79. The molecule has 0 amide bonds. The highest BCUT2D eigenvalue weighted by molar-refractivity contribution is 5.80. The first kappa shape index (κ1) is 15.9. The van der Waals surface area contributed by atoms with Crippen LogP contribution in [0.1, 0.15) is 5.56 Å². The SMILES string of the molecule is C=CCOc1c(CC=C)cc(-c2nc3ccccc3[nH]2)cc1OC. The topological polar surface area (TPSA) is 47.1 Å². The normalized spacial score (nSPS) is 10.5. The molecule has 4 heteroatoms. The molecule has 0 spiro atoms. The summed E-state index contributed by atoms with van der Waals surface area (Å²) in [5.41, 5.74) is 3.89. The molecule has 3 aromatic rings. The molecule has 0 fully saturated rings. The monoisotopic (exact) mass is 320 g/mol. The Hall–Kier alpha value is -3.01. The van der Waals surface area contributed by atoms with Gasteiger partial charge in [0, 0.05) is 11.1 Å². The van der Waals surface area contributed by atoms with Gasteiger partial charge in [0.2, 0.25) is 0 Å². The molecular weight excluding hydrogens is 300 g/mol. The largest absolute Gasteiger partial charge is 0.493 e. The van der Waals surface area contributed by atoms with Crippen molar-refractivity contribution >= 4 is 11.0 Å². The molecule has 4 nitrogen and oxygen atoms in total. The van der Waals surface area contributed by atoms with Crippen LogP contribution >= 0.6 is 0 Å². The van der Waals surface area contributed by atoms with E-state index in [0.717, 1.165) is 33.7 Å². The summed E-state index contributed by atoms with van der Waals surface area (Å²) >= 11 is 0. The molecule has 0 saturated heterocycles. The van der Waals surface area contributed by atoms with Crippen molar-refractivity contribution in [3.05, 3.63) is 67.3 Å². The van der Waals surface area contributed by atoms with Gasteiger partial charge in [-0.1, -0.05) is 30.9 Å². The maximum absolute atomic E-state index is 5.79. The Morgan fingerprint density at radius 3 is 2.71 bits per heavy atom. The number of nitrogens with one attached hydrogen (secondary N) is 1. The third-order valence-electron chi connectivity index (χ3n) is 3.72. The lowest BCUT2D eigenvalue weighted by molar-refractivity contribution is 0.324. The smallest absolute Gasteiger partial charge is 0.165 e. The minimum Gasteiger partial charge on any atom is -0.493 e. The lowest BCUT2D eigenvalue weighted by Gasteiger charge is -2.15. The average molecular weight is 320 g/mol. The number of fused-ring (bicyclic) bond motifs is 1. The van der Waals surface area contributed by atoms with Gasteiger partial charge in [-0.15, -0.1) is 6.58 Å². The number of hydrogen-bond acceptors (Lipinski definition) is 3. The first-order valence-electron chi connectivity index (χ1n) is 7.77. The first-order valence-corrected chi connectivity index (χ1v) is 7.77. The average Bonchev–Trinajstić information content (AvgIpc) is 3.04. The van der Waals surface area contributed by atoms with Crippen LogP contribution in [-0.4, -0.2) is 23.7 Å². The number of nitrogens with zero attached hydrogens (tertiary/aromatic N) is 1. The number of aromatic nitrogens is 2. The van der Waals surface area contributed by atoms with E-state index in [9.17, 15) is 0 Å². The number of methoxy groups -OCH3 is 1. The minimum absolute atomic E-state index is 0.421. The van der Waals surface area contributed by atoms with Gasteiger partial charge in [-0.25, -0.2) is 4.98 Å². The molecular formula is C20H20N2O2. The van der Waals surface area contributed by atoms with E-state index in [0.29, 0.717) is 18.8 Å². The number of H-pyrrole nitrogens is 1. The molecule has 0 aliphatic heterocycles. The van der Waals surface area contributed by atoms with Crippen LogP contribution in [0.3, 0.4) is 0 Å². The van der Waals surface area contributed by atoms with Crippen LogP contribution in [0, 0.1) is 0 Å². The quantitative estimate of drug-likeness (QED) is 0.651. The van der Waals surface area contributed by atoms with Crippen molar-refractivity contribution in [2.75, 3.05) is 13.7 Å². The molecule has 0 radical (unpaired) electrons. The lowest BCUT2D eigenvalue weighted by atomic mass is 10.1. The zero-order valence-corrected chi connectivity index (χ0v) is 13.7. The second-order valence-electron chi connectivity index (χ2n) is 5.36. The van der Waals surface area contributed by atoms with E-state index in [-0.39, 0.29) is 0 Å². The fourth-order valence-corrected chi connectivity index (χ4v) is 2.65. The summed E-state index contributed by atoms with van der Waals surface area (Å²) in [6.45, 7) is 7.95. The number of aromatic amines is 1. The summed E-state index contributed by atoms with van der Waals surface area (Å²) in [6.07, 6.45) is 4.24. The maximum Gasteiger partial charge on any atom is 0.165 e. The molecule has 2 aromatic carbocycles. The Morgan fingerprint density at radius 2 is 2.00 bits per heavy atom. The molecule has 1 N–H and O–H groups in total. The van der Waals surface area contributed by atoms with E-state index >= 15 is 0 Å². The van der Waals surface area contributed by atoms with Crippen molar-refractivity contribution in [2.24, 2.45) is 0 Å². The molecule has 0 unspecified atom stereocenters. The van der Waals surface area contributed by atoms with Crippen molar-refractivity contribution in [1.82, 2.24) is 9.97 Å². The number of para-hydroxylation sites is 2. The van der Waals surface area contributed by atoms with Gasteiger partial charge >= 0.3 is 0 Å². The molecule has 0 saturated carbocycles. The van der Waals surface area contributed by atoms with Gasteiger partial charge in [0.15, 0.2) is 11.5 Å². The summed E-state index contributed by atoms with van der Waals surface area (Å²) < 4.78 is 11.3. The fraction of sp³-hybridized carbons (Fsp3) is 0.150. The third-order valence-corrected chi connectivity index (χ3v) is 3.72. The van der Waals surface area contributed by atoms with Crippen LogP contribution in [0.2, 0.25) is 0 Å². The van der Waals surface area contributed by atoms with Crippen LogP contribution in [-0.2, 0) is 6.42 Å². The van der Waals surface area contributed by atoms with Gasteiger partial charge in [-0.3, -0.25) is 0 Å². The third kappa shape index (κ3) is 3.04. The summed E-state index contributed by atoms with van der Waals surface area (Å²) in [5, 5.41) is 0. The number of imidazole rings is 1. The zero-order valence-electron chi connectivity index (χ0n) is 13.7. The number of rotatable bonds is 7. The highest BCUT2D eigenvalue weighted by Crippen LogP contribution is 2.36. The fourth-order valence-electron chi connectivity index (χ4n) is 2.65. The van der Waals surface area contributed by atoms with Crippen molar-refractivity contribution in [2.45, 2.75) is 6.42 Å². The molecule has 0 bridgehead atoms. The highest BCUT2D eigenvalue weighted by Gasteiger charge is 2.15. The number of ether oxygens (including phenoxy) is 2. The Bertz CT molecular complexity index is 847. The van der Waals surface area contributed by atoms with Crippen LogP contribution in [0.25, 0.3) is 22.4 Å². The van der Waals surface area contributed by atoms with Gasteiger partial charge in [0.25, 0.3) is 0 Å². The standard InChI is InChI=1S/C20H20N2O2/c1-4-8-14-12-15(13-18(23-3)19(14)24-11-5-2)20-21-16-9-6-7-10-17(16)22-20/h4-7,9-10,12-13H,1-2,8,11H2,3H3,(H,21,22). The molecule has 1 heterocycles. The molecule has 24 heavy (non-hydrogen) atoms. The molecule has 0 atom stereocenters. The number of allylic oxidation sites excluding steroid dienone is 1. The summed E-state index contributed by atoms with van der Waals surface area (Å²) in [6, 6.07) is 11.9. The second-order valence-corrected chi connectivity index (χ2v) is 5.36. The van der Waals surface area contributed by atoms with Crippen LogP contribution in [0.4, 0.5) is 0 Å². The van der Waals surface area contributed by atoms with E-state index in [1.807, 2.05) is 36.4 Å². The first-order chi connectivity index (χ1) is 11.8. The predicted octanol–water partition coefficient (Wildman–Crippen LogP) is 4.53. The van der Waals surface area contributed by atoms with Crippen molar-refractivity contribution < 1.29 is 9.47 Å². The summed E-state index contributed by atoms with van der Waals surface area (Å²) in [7, 11) is 1.64. The Kier molecular flexibility index (Phi) is 4.66. The van der Waals surface area contributed by atoms with Crippen LogP contribution in [0.15, 0.2) is 61.7 Å². The van der Waals surface area contributed by atoms with Crippen molar-refractivity contribution in [3.63, 3.8) is 0 Å². The Morgan fingerprint density at radius 1 is 1.17 bits per heavy atom. The summed E-state index contributed by atoms with van der Waals surface area (Å²) in [4.78, 5) is 8.00. The number of hydrogen-bond donors (Lipinski definition) is 1. The second kappa shape index (κ2) is 7.04. The molecule has 1 aromatic heterocycles. The van der Waals surface area contributed by atoms with Gasteiger partial charge in [-0.05, 0) is 30.7 Å². The van der Waals surface area contributed by atoms with E-state index < -0.39 is 0 Å².